The van der Waals surface area contributed by atoms with Crippen LogP contribution in [-0.4, -0.2) is 23.1 Å². The summed E-state index contributed by atoms with van der Waals surface area (Å²) >= 11 is 3.42. The SMILES string of the molecule is CC(=NC1=C(N=CCC2CCCCC2)c2ccc(O)cc2CC1)NC(=O)Cc1ccc(Br)cc1. The minimum absolute atomic E-state index is 0.0901. The number of fused-ring (bicyclic) bond motifs is 1. The van der Waals surface area contributed by atoms with Crippen molar-refractivity contribution in [2.45, 2.75) is 64.7 Å². The van der Waals surface area contributed by atoms with Crippen LogP contribution < -0.4 is 5.32 Å². The lowest BCUT2D eigenvalue weighted by atomic mass is 9.87. The number of amides is 1. The fourth-order valence-electron chi connectivity index (χ4n) is 4.78. The number of aromatic hydroxyl groups is 1. The van der Waals surface area contributed by atoms with Gasteiger partial charge in [0.2, 0.25) is 5.91 Å². The fraction of sp³-hybridized carbons (Fsp3) is 0.393. The lowest BCUT2D eigenvalue weighted by Gasteiger charge is -2.21. The molecule has 6 heteroatoms. The number of allylic oxidation sites excluding steroid dienone is 1. The highest BCUT2D eigenvalue weighted by Crippen LogP contribution is 2.35. The Morgan fingerprint density at radius 3 is 2.65 bits per heavy atom. The average Bonchev–Trinajstić information content (AvgIpc) is 2.82. The third-order valence-electron chi connectivity index (χ3n) is 6.53. The molecule has 2 aromatic rings. The first kappa shape index (κ1) is 24.4. The van der Waals surface area contributed by atoms with Gasteiger partial charge in [0, 0.05) is 16.3 Å². The summed E-state index contributed by atoms with van der Waals surface area (Å²) in [6, 6.07) is 13.2. The van der Waals surface area contributed by atoms with Gasteiger partial charge in [-0.3, -0.25) is 9.79 Å². The Balaban J connectivity index is 1.52. The predicted molar refractivity (Wildman–Crippen MR) is 142 cm³/mol. The van der Waals surface area contributed by atoms with Crippen LogP contribution in [0.1, 0.15) is 68.6 Å². The van der Waals surface area contributed by atoms with Crippen LogP contribution in [0.25, 0.3) is 5.70 Å². The molecule has 0 bridgehead atoms. The first-order chi connectivity index (χ1) is 16.5. The van der Waals surface area contributed by atoms with Gasteiger partial charge in [-0.05, 0) is 73.6 Å². The summed E-state index contributed by atoms with van der Waals surface area (Å²) in [5.41, 5.74) is 4.77. The van der Waals surface area contributed by atoms with Gasteiger partial charge in [0.25, 0.3) is 0 Å². The molecule has 2 aliphatic rings. The Bertz CT molecular complexity index is 1110. The standard InChI is InChI=1S/C28H32BrN3O2/c1-19(32-27(34)17-21-7-10-23(29)11-8-21)31-26-14-9-22-18-24(33)12-13-25(22)28(26)30-16-15-20-5-3-2-4-6-20/h7-8,10-13,16,18,20,33H,2-6,9,14-15,17H2,1H3,(H,31,32,34). The normalized spacial score (nSPS) is 17.2. The number of benzene rings is 2. The zero-order valence-electron chi connectivity index (χ0n) is 19.7. The molecule has 0 saturated heterocycles. The average molecular weight is 522 g/mol. The number of hydrogen-bond acceptors (Lipinski definition) is 4. The first-order valence-corrected chi connectivity index (χ1v) is 12.9. The van der Waals surface area contributed by atoms with Gasteiger partial charge in [-0.25, -0.2) is 4.99 Å². The molecular formula is C28H32BrN3O2. The van der Waals surface area contributed by atoms with Crippen LogP contribution in [0, 0.1) is 5.92 Å². The van der Waals surface area contributed by atoms with Crippen LogP contribution in [0.15, 0.2) is 62.6 Å². The van der Waals surface area contributed by atoms with Gasteiger partial charge in [-0.1, -0.05) is 60.2 Å². The van der Waals surface area contributed by atoms with Crippen molar-refractivity contribution in [2.24, 2.45) is 15.9 Å². The van der Waals surface area contributed by atoms with Gasteiger partial charge < -0.3 is 10.4 Å². The molecule has 0 spiro atoms. The summed E-state index contributed by atoms with van der Waals surface area (Å²) in [5, 5.41) is 12.9. The molecule has 1 amide bonds. The van der Waals surface area contributed by atoms with Crippen molar-refractivity contribution in [3.8, 4) is 5.75 Å². The van der Waals surface area contributed by atoms with Crippen LogP contribution >= 0.6 is 15.9 Å². The second-order valence-corrected chi connectivity index (χ2v) is 10.2. The number of nitrogens with zero attached hydrogens (tertiary/aromatic N) is 2. The lowest BCUT2D eigenvalue weighted by Crippen LogP contribution is -2.30. The maximum Gasteiger partial charge on any atom is 0.229 e. The van der Waals surface area contributed by atoms with E-state index in [4.69, 9.17) is 9.98 Å². The van der Waals surface area contributed by atoms with Crippen molar-refractivity contribution >= 4 is 39.6 Å². The van der Waals surface area contributed by atoms with Gasteiger partial charge in [-0.15, -0.1) is 0 Å². The highest BCUT2D eigenvalue weighted by molar-refractivity contribution is 9.10. The Kier molecular flexibility index (Phi) is 8.33. The number of nitrogens with one attached hydrogen (secondary N) is 1. The van der Waals surface area contributed by atoms with Crippen molar-refractivity contribution in [3.63, 3.8) is 0 Å². The molecular weight excluding hydrogens is 490 g/mol. The summed E-state index contributed by atoms with van der Waals surface area (Å²) < 4.78 is 0.990. The molecule has 0 unspecified atom stereocenters. The van der Waals surface area contributed by atoms with Crippen molar-refractivity contribution in [1.82, 2.24) is 5.32 Å². The zero-order chi connectivity index (χ0) is 23.9. The van der Waals surface area contributed by atoms with E-state index in [1.807, 2.05) is 49.5 Å². The summed E-state index contributed by atoms with van der Waals surface area (Å²) in [6.45, 7) is 1.82. The number of carbonyl (C=O) groups is 1. The van der Waals surface area contributed by atoms with Gasteiger partial charge in [0.15, 0.2) is 0 Å². The lowest BCUT2D eigenvalue weighted by molar-refractivity contribution is -0.119. The summed E-state index contributed by atoms with van der Waals surface area (Å²) in [6.07, 6.45) is 11.4. The number of aliphatic imine (C=N–C) groups is 2. The van der Waals surface area contributed by atoms with Crippen LogP contribution in [-0.2, 0) is 17.6 Å². The highest BCUT2D eigenvalue weighted by Gasteiger charge is 2.20. The molecule has 5 nitrogen and oxygen atoms in total. The van der Waals surface area contributed by atoms with Gasteiger partial charge in [0.05, 0.1) is 17.8 Å². The molecule has 34 heavy (non-hydrogen) atoms. The maximum absolute atomic E-state index is 12.5. The minimum Gasteiger partial charge on any atom is -0.508 e. The highest BCUT2D eigenvalue weighted by atomic mass is 79.9. The molecule has 0 radical (unpaired) electrons. The van der Waals surface area contributed by atoms with E-state index in [0.29, 0.717) is 24.6 Å². The van der Waals surface area contributed by atoms with E-state index in [1.54, 1.807) is 6.07 Å². The summed E-state index contributed by atoms with van der Waals surface area (Å²) in [4.78, 5) is 22.2. The Labute approximate surface area is 210 Å². The van der Waals surface area contributed by atoms with E-state index in [0.717, 1.165) is 45.4 Å². The number of phenolic OH excluding ortho intramolecular Hbond substituents is 1. The van der Waals surface area contributed by atoms with Gasteiger partial charge in [0.1, 0.15) is 11.6 Å². The van der Waals surface area contributed by atoms with Crippen molar-refractivity contribution in [1.29, 1.82) is 0 Å². The third-order valence-corrected chi connectivity index (χ3v) is 7.06. The van der Waals surface area contributed by atoms with E-state index in [-0.39, 0.29) is 11.7 Å². The molecule has 0 aliphatic heterocycles. The van der Waals surface area contributed by atoms with Crippen LogP contribution in [0.3, 0.4) is 0 Å². The second-order valence-electron chi connectivity index (χ2n) is 9.24. The Hall–Kier alpha value is -2.73. The number of carbonyl (C=O) groups excluding carboxylic acids is 1. The quantitative estimate of drug-likeness (QED) is 0.332. The van der Waals surface area contributed by atoms with E-state index in [1.165, 1.54) is 32.1 Å². The maximum atomic E-state index is 12.5. The van der Waals surface area contributed by atoms with E-state index >= 15 is 0 Å². The smallest absolute Gasteiger partial charge is 0.229 e. The van der Waals surface area contributed by atoms with Crippen molar-refractivity contribution in [3.05, 3.63) is 69.3 Å². The zero-order valence-corrected chi connectivity index (χ0v) is 21.3. The molecule has 0 heterocycles. The number of phenols is 1. The molecule has 2 aliphatic carbocycles. The molecule has 2 aromatic carbocycles. The minimum atomic E-state index is -0.0901. The van der Waals surface area contributed by atoms with Gasteiger partial charge >= 0.3 is 0 Å². The van der Waals surface area contributed by atoms with Crippen LogP contribution in [0.5, 0.6) is 5.75 Å². The van der Waals surface area contributed by atoms with Crippen LogP contribution in [0.4, 0.5) is 0 Å². The summed E-state index contributed by atoms with van der Waals surface area (Å²) in [7, 11) is 0. The second kappa shape index (κ2) is 11.6. The van der Waals surface area contributed by atoms with E-state index in [9.17, 15) is 9.90 Å². The molecule has 178 valence electrons. The van der Waals surface area contributed by atoms with Crippen molar-refractivity contribution < 1.29 is 9.90 Å². The predicted octanol–water partition coefficient (Wildman–Crippen LogP) is 6.59. The van der Waals surface area contributed by atoms with E-state index in [2.05, 4.69) is 21.2 Å². The molecule has 2 N–H and O–H groups in total. The molecule has 1 saturated carbocycles. The van der Waals surface area contributed by atoms with Gasteiger partial charge in [-0.2, -0.15) is 0 Å². The van der Waals surface area contributed by atoms with E-state index < -0.39 is 0 Å². The number of amidine groups is 1. The Morgan fingerprint density at radius 2 is 1.88 bits per heavy atom. The third kappa shape index (κ3) is 6.66. The molecule has 0 aromatic heterocycles. The topological polar surface area (TPSA) is 74.1 Å². The monoisotopic (exact) mass is 521 g/mol. The number of rotatable bonds is 6. The Morgan fingerprint density at radius 1 is 1.12 bits per heavy atom. The van der Waals surface area contributed by atoms with Crippen molar-refractivity contribution in [2.75, 3.05) is 0 Å². The van der Waals surface area contributed by atoms with Crippen LogP contribution in [0.2, 0.25) is 0 Å². The number of aryl methyl sites for hydroxylation is 1. The number of halogens is 1. The number of hydrogen-bond donors (Lipinski definition) is 2. The molecule has 1 fully saturated rings. The summed E-state index contributed by atoms with van der Waals surface area (Å²) in [5.74, 6) is 1.46. The largest absolute Gasteiger partial charge is 0.508 e. The molecule has 4 rings (SSSR count). The fourth-order valence-corrected chi connectivity index (χ4v) is 5.04. The molecule has 0 atom stereocenters. The first-order valence-electron chi connectivity index (χ1n) is 12.2.